The molecule has 0 radical (unpaired) electrons. The van der Waals surface area contributed by atoms with Gasteiger partial charge in [-0.25, -0.2) is 4.98 Å². The first-order valence-corrected chi connectivity index (χ1v) is 7.72. The summed E-state index contributed by atoms with van der Waals surface area (Å²) in [6.07, 6.45) is 1.99. The molecule has 1 aromatic heterocycles. The summed E-state index contributed by atoms with van der Waals surface area (Å²) in [5.74, 6) is 0. The highest BCUT2D eigenvalue weighted by molar-refractivity contribution is 6.62. The van der Waals surface area contributed by atoms with Gasteiger partial charge in [0.05, 0.1) is 23.0 Å². The van der Waals surface area contributed by atoms with E-state index in [1.165, 1.54) is 0 Å². The van der Waals surface area contributed by atoms with Gasteiger partial charge in [-0.15, -0.1) is 0 Å². The Kier molecular flexibility index (Phi) is 3.76. The lowest BCUT2D eigenvalue weighted by Gasteiger charge is -2.32. The Labute approximate surface area is 131 Å². The van der Waals surface area contributed by atoms with Gasteiger partial charge in [0, 0.05) is 12.1 Å². The Hall–Kier alpha value is -1.42. The smallest absolute Gasteiger partial charge is 0.399 e. The maximum atomic E-state index is 9.44. The minimum absolute atomic E-state index is 0.000512. The van der Waals surface area contributed by atoms with E-state index in [9.17, 15) is 5.26 Å². The van der Waals surface area contributed by atoms with E-state index in [1.807, 2.05) is 39.8 Å². The highest BCUT2D eigenvalue weighted by Gasteiger charge is 2.52. The second-order valence-corrected chi connectivity index (χ2v) is 6.88. The van der Waals surface area contributed by atoms with Gasteiger partial charge in [0.1, 0.15) is 11.8 Å². The molecule has 1 aromatic rings. The maximum absolute atomic E-state index is 9.44. The van der Waals surface area contributed by atoms with Crippen molar-refractivity contribution >= 4 is 12.6 Å². The first kappa shape index (κ1) is 15.5. The molecule has 0 spiro atoms. The average molecular weight is 300 g/mol. The molecule has 0 aromatic carbocycles. The van der Waals surface area contributed by atoms with Crippen molar-refractivity contribution < 1.29 is 14.0 Å². The van der Waals surface area contributed by atoms with E-state index in [-0.39, 0.29) is 6.10 Å². The number of hydrogen-bond donors (Lipinski definition) is 0. The van der Waals surface area contributed by atoms with E-state index in [0.29, 0.717) is 11.2 Å². The van der Waals surface area contributed by atoms with Gasteiger partial charge >= 0.3 is 7.12 Å². The van der Waals surface area contributed by atoms with Gasteiger partial charge in [-0.2, -0.15) is 5.26 Å². The van der Waals surface area contributed by atoms with Gasteiger partial charge in [0.25, 0.3) is 0 Å². The Balaban J connectivity index is 1.90. The zero-order valence-corrected chi connectivity index (χ0v) is 13.5. The number of ether oxygens (including phenoxy) is 1. The largest absolute Gasteiger partial charge is 0.497 e. The lowest BCUT2D eigenvalue weighted by atomic mass is 9.77. The average Bonchev–Trinajstić information content (AvgIpc) is 3.05. The molecule has 0 bridgehead atoms. The summed E-state index contributed by atoms with van der Waals surface area (Å²) in [5.41, 5.74) is 0.985. The quantitative estimate of drug-likeness (QED) is 0.783. The molecule has 0 aliphatic carbocycles. The second kappa shape index (κ2) is 5.34. The molecule has 2 saturated heterocycles. The zero-order chi connectivity index (χ0) is 16.0. The van der Waals surface area contributed by atoms with Crippen molar-refractivity contribution in [3.8, 4) is 6.07 Å². The van der Waals surface area contributed by atoms with Crippen LogP contribution in [0, 0.1) is 11.3 Å². The number of nitriles is 1. The van der Waals surface area contributed by atoms with Gasteiger partial charge in [0.2, 0.25) is 0 Å². The topological polar surface area (TPSA) is 64.4 Å². The van der Waals surface area contributed by atoms with Gasteiger partial charge in [-0.05, 0) is 46.6 Å². The van der Waals surface area contributed by atoms with Gasteiger partial charge in [0.15, 0.2) is 0 Å². The molecule has 0 saturated carbocycles. The van der Waals surface area contributed by atoms with Gasteiger partial charge < -0.3 is 14.0 Å². The third-order valence-corrected chi connectivity index (χ3v) is 4.82. The first-order valence-electron chi connectivity index (χ1n) is 7.72. The van der Waals surface area contributed by atoms with Crippen molar-refractivity contribution in [1.82, 2.24) is 4.98 Å². The Morgan fingerprint density at radius 1 is 1.23 bits per heavy atom. The number of rotatable bonds is 2. The number of nitrogens with zero attached hydrogens (tertiary/aromatic N) is 2. The van der Waals surface area contributed by atoms with Crippen LogP contribution in [0.3, 0.4) is 0 Å². The van der Waals surface area contributed by atoms with E-state index in [0.717, 1.165) is 25.1 Å². The fraction of sp³-hybridized carbons (Fsp3) is 0.625. The highest BCUT2D eigenvalue weighted by atomic mass is 16.7. The summed E-state index contributed by atoms with van der Waals surface area (Å²) in [6, 6.07) is 5.96. The Bertz CT molecular complexity index is 602. The predicted molar refractivity (Wildman–Crippen MR) is 82.6 cm³/mol. The van der Waals surface area contributed by atoms with E-state index >= 15 is 0 Å². The monoisotopic (exact) mass is 300 g/mol. The van der Waals surface area contributed by atoms with Crippen LogP contribution in [0.2, 0.25) is 0 Å². The van der Waals surface area contributed by atoms with Gasteiger partial charge in [-0.1, -0.05) is 6.07 Å². The van der Waals surface area contributed by atoms with Crippen LogP contribution in [0.15, 0.2) is 12.1 Å². The molecule has 0 N–H and O–H groups in total. The molecule has 1 unspecified atom stereocenters. The number of aromatic nitrogens is 1. The van der Waals surface area contributed by atoms with Crippen LogP contribution in [-0.4, -0.2) is 29.9 Å². The van der Waals surface area contributed by atoms with Gasteiger partial charge in [-0.3, -0.25) is 0 Å². The summed E-state index contributed by atoms with van der Waals surface area (Å²) in [5, 5.41) is 9.44. The number of hydrogen-bond acceptors (Lipinski definition) is 5. The molecule has 3 rings (SSSR count). The maximum Gasteiger partial charge on any atom is 0.497 e. The SMILES string of the molecule is CC1(C)OB(c2ccc(C3CCCO3)nc2C#N)OC1(C)C. The molecule has 2 aliphatic rings. The number of pyridine rings is 1. The lowest BCUT2D eigenvalue weighted by Crippen LogP contribution is -2.41. The van der Waals surface area contributed by atoms with E-state index in [1.54, 1.807) is 0 Å². The molecule has 5 nitrogen and oxygen atoms in total. The zero-order valence-electron chi connectivity index (χ0n) is 13.5. The second-order valence-electron chi connectivity index (χ2n) is 6.88. The van der Waals surface area contributed by atoms with Crippen LogP contribution < -0.4 is 5.46 Å². The highest BCUT2D eigenvalue weighted by Crippen LogP contribution is 2.36. The summed E-state index contributed by atoms with van der Waals surface area (Å²) in [7, 11) is -0.564. The van der Waals surface area contributed by atoms with Crippen molar-refractivity contribution in [2.75, 3.05) is 6.61 Å². The van der Waals surface area contributed by atoms with E-state index in [4.69, 9.17) is 14.0 Å². The van der Waals surface area contributed by atoms with Crippen molar-refractivity contribution in [2.45, 2.75) is 57.8 Å². The third-order valence-electron chi connectivity index (χ3n) is 4.82. The van der Waals surface area contributed by atoms with Crippen LogP contribution >= 0.6 is 0 Å². The van der Waals surface area contributed by atoms with E-state index in [2.05, 4.69) is 11.1 Å². The molecule has 116 valence electrons. The normalized spacial score (nSPS) is 26.1. The predicted octanol–water partition coefficient (Wildman–Crippen LogP) is 2.10. The Morgan fingerprint density at radius 2 is 1.91 bits per heavy atom. The van der Waals surface area contributed by atoms with Crippen LogP contribution in [0.4, 0.5) is 0 Å². The molecule has 3 heterocycles. The lowest BCUT2D eigenvalue weighted by molar-refractivity contribution is 0.00578. The van der Waals surface area contributed by atoms with Crippen LogP contribution in [0.1, 0.15) is 58.0 Å². The van der Waals surface area contributed by atoms with Crippen molar-refractivity contribution in [3.63, 3.8) is 0 Å². The molecule has 6 heteroatoms. The molecule has 22 heavy (non-hydrogen) atoms. The molecule has 1 atom stereocenters. The van der Waals surface area contributed by atoms with Crippen LogP contribution in [0.25, 0.3) is 0 Å². The summed E-state index contributed by atoms with van der Waals surface area (Å²) in [6.45, 7) is 8.73. The minimum Gasteiger partial charge on any atom is -0.399 e. The fourth-order valence-corrected chi connectivity index (χ4v) is 2.73. The van der Waals surface area contributed by atoms with Crippen molar-refractivity contribution in [1.29, 1.82) is 5.26 Å². The summed E-state index contributed by atoms with van der Waals surface area (Å²) >= 11 is 0. The molecule has 2 aliphatic heterocycles. The fourth-order valence-electron chi connectivity index (χ4n) is 2.73. The minimum atomic E-state index is -0.564. The van der Waals surface area contributed by atoms with Crippen LogP contribution in [-0.2, 0) is 14.0 Å². The van der Waals surface area contributed by atoms with E-state index < -0.39 is 18.3 Å². The van der Waals surface area contributed by atoms with Crippen LogP contribution in [0.5, 0.6) is 0 Å². The Morgan fingerprint density at radius 3 is 2.45 bits per heavy atom. The molecular formula is C16H21BN2O3. The standard InChI is InChI=1S/C16H21BN2O3/c1-15(2)16(3,4)22-17(21-15)11-7-8-12(19-13(11)10-18)14-6-5-9-20-14/h7-8,14H,5-6,9H2,1-4H3. The van der Waals surface area contributed by atoms with Crippen molar-refractivity contribution in [3.05, 3.63) is 23.5 Å². The summed E-state index contributed by atoms with van der Waals surface area (Å²) < 4.78 is 17.7. The first-order chi connectivity index (χ1) is 10.3. The summed E-state index contributed by atoms with van der Waals surface area (Å²) in [4.78, 5) is 4.47. The molecule has 2 fully saturated rings. The molecule has 0 amide bonds. The molecular weight excluding hydrogens is 279 g/mol. The third kappa shape index (κ3) is 2.54. The van der Waals surface area contributed by atoms with Crippen molar-refractivity contribution in [2.24, 2.45) is 0 Å².